The van der Waals surface area contributed by atoms with E-state index in [4.69, 9.17) is 0 Å². The Hall–Kier alpha value is -0.170. The summed E-state index contributed by atoms with van der Waals surface area (Å²) in [4.78, 5) is 4.56. The van der Waals surface area contributed by atoms with Crippen LogP contribution in [0.2, 0.25) is 0 Å². The van der Waals surface area contributed by atoms with Gasteiger partial charge in [0.2, 0.25) is 0 Å². The molecule has 0 aromatic rings. The predicted molar refractivity (Wildman–Crippen MR) is 80.3 cm³/mol. The normalized spacial score (nSPS) is 22.5. The first-order valence-corrected chi connectivity index (χ1v) is 9.14. The lowest BCUT2D eigenvalue weighted by atomic mass is 10.2. The summed E-state index contributed by atoms with van der Waals surface area (Å²) in [5.74, 6) is 0.695. The third-order valence-corrected chi connectivity index (χ3v) is 5.72. The minimum atomic E-state index is -2.76. The van der Waals surface area contributed by atoms with Gasteiger partial charge in [0.1, 0.15) is 0 Å². The second kappa shape index (κ2) is 8.19. The Morgan fingerprint density at radius 1 is 1.16 bits per heavy atom. The quantitative estimate of drug-likeness (QED) is 0.608. The summed E-state index contributed by atoms with van der Waals surface area (Å²) in [6, 6.07) is 0.217. The maximum Gasteiger partial charge on any atom is 0.151 e. The smallest absolute Gasteiger partial charge is 0.151 e. The van der Waals surface area contributed by atoms with Crippen LogP contribution >= 0.6 is 0 Å². The first-order chi connectivity index (χ1) is 8.98. The molecule has 1 saturated heterocycles. The number of hydrogen-bond acceptors (Lipinski definition) is 5. The summed E-state index contributed by atoms with van der Waals surface area (Å²) in [5.41, 5.74) is 0. The van der Waals surface area contributed by atoms with Crippen LogP contribution in [0.15, 0.2) is 0 Å². The zero-order valence-electron chi connectivity index (χ0n) is 12.6. The highest BCUT2D eigenvalue weighted by Gasteiger charge is 2.30. The van der Waals surface area contributed by atoms with Crippen molar-refractivity contribution in [2.45, 2.75) is 26.3 Å². The summed E-state index contributed by atoms with van der Waals surface area (Å²) in [6.45, 7) is 10.5. The molecule has 1 heterocycles. The second-order valence-electron chi connectivity index (χ2n) is 5.31. The molecule has 0 aromatic carbocycles. The van der Waals surface area contributed by atoms with E-state index in [1.165, 1.54) is 0 Å². The summed E-state index contributed by atoms with van der Waals surface area (Å²) < 4.78 is 22.8. The lowest BCUT2D eigenvalue weighted by Crippen LogP contribution is -2.39. The first-order valence-electron chi connectivity index (χ1n) is 7.32. The van der Waals surface area contributed by atoms with Crippen molar-refractivity contribution >= 4 is 9.84 Å². The van der Waals surface area contributed by atoms with Crippen molar-refractivity contribution in [3.63, 3.8) is 0 Å². The molecule has 0 aliphatic carbocycles. The van der Waals surface area contributed by atoms with Crippen LogP contribution in [0.4, 0.5) is 0 Å². The zero-order valence-corrected chi connectivity index (χ0v) is 13.4. The Kier molecular flexibility index (Phi) is 7.28. The molecule has 1 aliphatic rings. The predicted octanol–water partition coefficient (Wildman–Crippen LogP) is 0.0367. The molecule has 1 N–H and O–H groups in total. The Labute approximate surface area is 118 Å². The fourth-order valence-electron chi connectivity index (χ4n) is 2.46. The number of rotatable bonds is 9. The Balaban J connectivity index is 2.09. The first kappa shape index (κ1) is 16.9. The highest BCUT2D eigenvalue weighted by Crippen LogP contribution is 2.15. The second-order valence-corrected chi connectivity index (χ2v) is 7.54. The fraction of sp³-hybridized carbons (Fsp3) is 1.00. The van der Waals surface area contributed by atoms with Gasteiger partial charge in [-0.05, 0) is 26.6 Å². The molecule has 6 heteroatoms. The van der Waals surface area contributed by atoms with E-state index >= 15 is 0 Å². The summed E-state index contributed by atoms with van der Waals surface area (Å²) in [5, 5.41) is 3.43. The topological polar surface area (TPSA) is 52.6 Å². The van der Waals surface area contributed by atoms with E-state index in [1.54, 1.807) is 0 Å². The summed E-state index contributed by atoms with van der Waals surface area (Å²) in [7, 11) is -0.737. The minimum absolute atomic E-state index is 0.217. The molecule has 0 spiro atoms. The third-order valence-electron chi connectivity index (χ3n) is 3.97. The molecular formula is C13H29N3O2S. The molecule has 1 rings (SSSR count). The van der Waals surface area contributed by atoms with Gasteiger partial charge in [0.15, 0.2) is 9.84 Å². The summed E-state index contributed by atoms with van der Waals surface area (Å²) in [6.07, 6.45) is 0.790. The maximum absolute atomic E-state index is 11.4. The minimum Gasteiger partial charge on any atom is -0.314 e. The van der Waals surface area contributed by atoms with Gasteiger partial charge in [0.05, 0.1) is 11.5 Å². The Morgan fingerprint density at radius 2 is 1.79 bits per heavy atom. The van der Waals surface area contributed by atoms with Gasteiger partial charge in [-0.1, -0.05) is 13.8 Å². The molecule has 0 aromatic heterocycles. The number of sulfone groups is 1. The molecular weight excluding hydrogens is 262 g/mol. The average molecular weight is 291 g/mol. The fourth-order valence-corrected chi connectivity index (χ4v) is 4.27. The lowest BCUT2D eigenvalue weighted by molar-refractivity contribution is 0.256. The van der Waals surface area contributed by atoms with E-state index in [2.05, 4.69) is 29.0 Å². The van der Waals surface area contributed by atoms with E-state index < -0.39 is 9.84 Å². The summed E-state index contributed by atoms with van der Waals surface area (Å²) >= 11 is 0. The van der Waals surface area contributed by atoms with E-state index in [1.807, 2.05) is 7.05 Å². The van der Waals surface area contributed by atoms with Gasteiger partial charge in [-0.15, -0.1) is 0 Å². The van der Waals surface area contributed by atoms with Gasteiger partial charge < -0.3 is 15.1 Å². The van der Waals surface area contributed by atoms with Gasteiger partial charge in [0, 0.05) is 32.2 Å². The van der Waals surface area contributed by atoms with Crippen molar-refractivity contribution in [1.29, 1.82) is 0 Å². The van der Waals surface area contributed by atoms with Crippen LogP contribution in [-0.2, 0) is 9.84 Å². The largest absolute Gasteiger partial charge is 0.314 e. The molecule has 0 saturated carbocycles. The van der Waals surface area contributed by atoms with Crippen molar-refractivity contribution in [3.05, 3.63) is 0 Å². The lowest BCUT2D eigenvalue weighted by Gasteiger charge is -2.23. The average Bonchev–Trinajstić information content (AvgIpc) is 2.74. The zero-order chi connectivity index (χ0) is 14.3. The SMILES string of the molecule is CCN(CC)CCNCCN(C)C1CCS(=O)(=O)C1. The van der Waals surface area contributed by atoms with E-state index in [0.29, 0.717) is 11.5 Å². The van der Waals surface area contributed by atoms with Crippen molar-refractivity contribution in [1.82, 2.24) is 15.1 Å². The van der Waals surface area contributed by atoms with E-state index in [9.17, 15) is 8.42 Å². The van der Waals surface area contributed by atoms with Crippen LogP contribution in [0.3, 0.4) is 0 Å². The van der Waals surface area contributed by atoms with E-state index in [0.717, 1.165) is 45.7 Å². The monoisotopic (exact) mass is 291 g/mol. The standard InChI is InChI=1S/C13H29N3O2S/c1-4-16(5-2)10-8-14-7-9-15(3)13-6-11-19(17,18)12-13/h13-14H,4-12H2,1-3H3. The molecule has 0 radical (unpaired) electrons. The Bertz CT molecular complexity index is 342. The third kappa shape index (κ3) is 6.21. The molecule has 0 bridgehead atoms. The van der Waals surface area contributed by atoms with Crippen LogP contribution in [0.1, 0.15) is 20.3 Å². The van der Waals surface area contributed by atoms with Crippen LogP contribution in [0, 0.1) is 0 Å². The molecule has 19 heavy (non-hydrogen) atoms. The van der Waals surface area contributed by atoms with Crippen LogP contribution in [0.5, 0.6) is 0 Å². The number of nitrogens with one attached hydrogen (secondary N) is 1. The highest BCUT2D eigenvalue weighted by atomic mass is 32.2. The van der Waals surface area contributed by atoms with Crippen LogP contribution in [0.25, 0.3) is 0 Å². The molecule has 0 amide bonds. The van der Waals surface area contributed by atoms with Gasteiger partial charge in [0.25, 0.3) is 0 Å². The highest BCUT2D eigenvalue weighted by molar-refractivity contribution is 7.91. The molecule has 1 fully saturated rings. The van der Waals surface area contributed by atoms with Gasteiger partial charge in [-0.2, -0.15) is 0 Å². The van der Waals surface area contributed by atoms with Gasteiger partial charge in [-0.25, -0.2) is 8.42 Å². The van der Waals surface area contributed by atoms with Crippen molar-refractivity contribution in [2.24, 2.45) is 0 Å². The van der Waals surface area contributed by atoms with Crippen molar-refractivity contribution in [2.75, 3.05) is 57.8 Å². The van der Waals surface area contributed by atoms with Crippen molar-refractivity contribution in [3.8, 4) is 0 Å². The number of hydrogen-bond donors (Lipinski definition) is 1. The molecule has 1 atom stereocenters. The molecule has 114 valence electrons. The van der Waals surface area contributed by atoms with Gasteiger partial charge in [-0.3, -0.25) is 0 Å². The van der Waals surface area contributed by atoms with Crippen LogP contribution in [-0.4, -0.2) is 82.1 Å². The maximum atomic E-state index is 11.4. The van der Waals surface area contributed by atoms with Crippen molar-refractivity contribution < 1.29 is 8.42 Å². The Morgan fingerprint density at radius 3 is 2.32 bits per heavy atom. The van der Waals surface area contributed by atoms with E-state index in [-0.39, 0.29) is 6.04 Å². The molecule has 1 aliphatic heterocycles. The number of likely N-dealkylation sites (N-methyl/N-ethyl adjacent to an activating group) is 2. The van der Waals surface area contributed by atoms with Gasteiger partial charge >= 0.3 is 0 Å². The molecule has 1 unspecified atom stereocenters. The number of nitrogens with zero attached hydrogens (tertiary/aromatic N) is 2. The van der Waals surface area contributed by atoms with Crippen LogP contribution < -0.4 is 5.32 Å². The molecule has 5 nitrogen and oxygen atoms in total.